The molecule has 1 fully saturated rings. The highest BCUT2D eigenvalue weighted by Crippen LogP contribution is 2.18. The van der Waals surface area contributed by atoms with E-state index in [1.165, 1.54) is 12.8 Å². The third kappa shape index (κ3) is 4.96. The smallest absolute Gasteiger partial charge is 0.0904 e. The molecule has 1 aliphatic heterocycles. The van der Waals surface area contributed by atoms with Crippen molar-refractivity contribution in [2.75, 3.05) is 26.3 Å². The van der Waals surface area contributed by atoms with Gasteiger partial charge in [0, 0.05) is 6.61 Å². The Morgan fingerprint density at radius 2 is 2.07 bits per heavy atom. The number of ether oxygens (including phenoxy) is 1. The summed E-state index contributed by atoms with van der Waals surface area (Å²) in [5.41, 5.74) is -0.572. The van der Waals surface area contributed by atoms with Crippen LogP contribution in [-0.2, 0) is 4.74 Å². The first kappa shape index (κ1) is 12.9. The summed E-state index contributed by atoms with van der Waals surface area (Å²) in [6.45, 7) is 7.49. The van der Waals surface area contributed by atoms with Crippen molar-refractivity contribution in [2.45, 2.75) is 45.1 Å². The normalized spacial score (nSPS) is 22.6. The molecule has 0 aromatic carbocycles. The molecular formula is C12H25NO2. The average molecular weight is 215 g/mol. The minimum absolute atomic E-state index is 0.503. The Morgan fingerprint density at radius 3 is 2.67 bits per heavy atom. The zero-order valence-corrected chi connectivity index (χ0v) is 10.1. The number of aliphatic hydroxyl groups is 1. The molecule has 0 bridgehead atoms. The van der Waals surface area contributed by atoms with Gasteiger partial charge in [-0.25, -0.2) is 0 Å². The predicted molar refractivity (Wildman–Crippen MR) is 61.9 cm³/mol. The number of hydrogen-bond acceptors (Lipinski definition) is 3. The third-order valence-electron chi connectivity index (χ3n) is 3.09. The second-order valence-corrected chi connectivity index (χ2v) is 4.88. The molecule has 3 nitrogen and oxygen atoms in total. The summed E-state index contributed by atoms with van der Waals surface area (Å²) < 4.78 is 5.61. The lowest BCUT2D eigenvalue weighted by molar-refractivity contribution is -0.0699. The molecule has 15 heavy (non-hydrogen) atoms. The highest BCUT2D eigenvalue weighted by Gasteiger charge is 2.29. The molecule has 0 aromatic rings. The SMILES string of the molecule is CCCC(C)COCC1(O)CCNCC1. The van der Waals surface area contributed by atoms with Gasteiger partial charge in [-0.1, -0.05) is 20.3 Å². The molecule has 1 atom stereocenters. The Kier molecular flexibility index (Phi) is 5.58. The van der Waals surface area contributed by atoms with Gasteiger partial charge >= 0.3 is 0 Å². The molecular weight excluding hydrogens is 190 g/mol. The van der Waals surface area contributed by atoms with Gasteiger partial charge in [0.2, 0.25) is 0 Å². The van der Waals surface area contributed by atoms with Crippen LogP contribution in [0.1, 0.15) is 39.5 Å². The van der Waals surface area contributed by atoms with E-state index in [1.807, 2.05) is 0 Å². The molecule has 90 valence electrons. The van der Waals surface area contributed by atoms with Gasteiger partial charge in [-0.05, 0) is 38.3 Å². The largest absolute Gasteiger partial charge is 0.387 e. The maximum absolute atomic E-state index is 10.1. The average Bonchev–Trinajstić information content (AvgIpc) is 2.19. The monoisotopic (exact) mass is 215 g/mol. The van der Waals surface area contributed by atoms with Gasteiger partial charge in [-0.3, -0.25) is 0 Å². The molecule has 2 N–H and O–H groups in total. The molecule has 1 rings (SSSR count). The van der Waals surface area contributed by atoms with Crippen molar-refractivity contribution in [3.05, 3.63) is 0 Å². The number of nitrogens with one attached hydrogen (secondary N) is 1. The van der Waals surface area contributed by atoms with Crippen LogP contribution in [-0.4, -0.2) is 37.0 Å². The van der Waals surface area contributed by atoms with Crippen molar-refractivity contribution < 1.29 is 9.84 Å². The van der Waals surface area contributed by atoms with Crippen LogP contribution in [0.2, 0.25) is 0 Å². The van der Waals surface area contributed by atoms with Crippen molar-refractivity contribution in [2.24, 2.45) is 5.92 Å². The molecule has 1 heterocycles. The van der Waals surface area contributed by atoms with E-state index in [0.717, 1.165) is 32.5 Å². The summed E-state index contributed by atoms with van der Waals surface area (Å²) in [6, 6.07) is 0. The third-order valence-corrected chi connectivity index (χ3v) is 3.09. The second kappa shape index (κ2) is 6.46. The van der Waals surface area contributed by atoms with Crippen LogP contribution in [0, 0.1) is 5.92 Å². The van der Waals surface area contributed by atoms with Crippen LogP contribution < -0.4 is 5.32 Å². The zero-order valence-electron chi connectivity index (χ0n) is 10.1. The number of rotatable bonds is 6. The lowest BCUT2D eigenvalue weighted by Crippen LogP contribution is -2.45. The number of piperidine rings is 1. The molecule has 0 radical (unpaired) electrons. The first-order chi connectivity index (χ1) is 7.16. The predicted octanol–water partition coefficient (Wildman–Crippen LogP) is 1.55. The first-order valence-electron chi connectivity index (χ1n) is 6.17. The first-order valence-corrected chi connectivity index (χ1v) is 6.17. The Morgan fingerprint density at radius 1 is 1.40 bits per heavy atom. The minimum atomic E-state index is -0.572. The van der Waals surface area contributed by atoms with E-state index in [0.29, 0.717) is 12.5 Å². The Balaban J connectivity index is 2.12. The highest BCUT2D eigenvalue weighted by molar-refractivity contribution is 4.83. The fourth-order valence-corrected chi connectivity index (χ4v) is 2.06. The summed E-state index contributed by atoms with van der Waals surface area (Å²) in [5.74, 6) is 0.611. The van der Waals surface area contributed by atoms with Gasteiger partial charge in [-0.15, -0.1) is 0 Å². The van der Waals surface area contributed by atoms with Crippen molar-refractivity contribution in [3.8, 4) is 0 Å². The van der Waals surface area contributed by atoms with E-state index in [9.17, 15) is 5.11 Å². The van der Waals surface area contributed by atoms with Crippen LogP contribution >= 0.6 is 0 Å². The maximum atomic E-state index is 10.1. The van der Waals surface area contributed by atoms with Gasteiger partial charge in [-0.2, -0.15) is 0 Å². The highest BCUT2D eigenvalue weighted by atomic mass is 16.5. The van der Waals surface area contributed by atoms with Gasteiger partial charge in [0.25, 0.3) is 0 Å². The molecule has 1 unspecified atom stereocenters. The van der Waals surface area contributed by atoms with E-state index < -0.39 is 5.60 Å². The Hall–Kier alpha value is -0.120. The van der Waals surface area contributed by atoms with Gasteiger partial charge in [0.05, 0.1) is 12.2 Å². The van der Waals surface area contributed by atoms with Gasteiger partial charge < -0.3 is 15.2 Å². The molecule has 0 saturated carbocycles. The van der Waals surface area contributed by atoms with Gasteiger partial charge in [0.15, 0.2) is 0 Å². The maximum Gasteiger partial charge on any atom is 0.0904 e. The summed E-state index contributed by atoms with van der Waals surface area (Å²) in [6.07, 6.45) is 4.04. The fourth-order valence-electron chi connectivity index (χ4n) is 2.06. The second-order valence-electron chi connectivity index (χ2n) is 4.88. The molecule has 0 aromatic heterocycles. The van der Waals surface area contributed by atoms with Crippen LogP contribution in [0.25, 0.3) is 0 Å². The standard InChI is InChI=1S/C12H25NO2/c1-3-4-11(2)9-15-10-12(14)5-7-13-8-6-12/h11,13-14H,3-10H2,1-2H3. The summed E-state index contributed by atoms with van der Waals surface area (Å²) >= 11 is 0. The molecule has 0 spiro atoms. The van der Waals surface area contributed by atoms with E-state index >= 15 is 0 Å². The Labute approximate surface area is 93.2 Å². The van der Waals surface area contributed by atoms with Crippen molar-refractivity contribution in [1.82, 2.24) is 5.32 Å². The van der Waals surface area contributed by atoms with E-state index in [-0.39, 0.29) is 0 Å². The lowest BCUT2D eigenvalue weighted by atomic mass is 9.93. The fraction of sp³-hybridized carbons (Fsp3) is 1.00. The van der Waals surface area contributed by atoms with Crippen LogP contribution in [0.4, 0.5) is 0 Å². The van der Waals surface area contributed by atoms with Crippen LogP contribution in [0.15, 0.2) is 0 Å². The van der Waals surface area contributed by atoms with E-state index in [1.54, 1.807) is 0 Å². The number of hydrogen-bond donors (Lipinski definition) is 2. The van der Waals surface area contributed by atoms with Crippen molar-refractivity contribution >= 4 is 0 Å². The molecule has 0 amide bonds. The zero-order chi connectivity index (χ0) is 11.1. The van der Waals surface area contributed by atoms with Crippen molar-refractivity contribution in [3.63, 3.8) is 0 Å². The lowest BCUT2D eigenvalue weighted by Gasteiger charge is -2.32. The summed E-state index contributed by atoms with van der Waals surface area (Å²) in [7, 11) is 0. The molecule has 1 saturated heterocycles. The van der Waals surface area contributed by atoms with E-state index in [4.69, 9.17) is 4.74 Å². The van der Waals surface area contributed by atoms with Gasteiger partial charge in [0.1, 0.15) is 0 Å². The van der Waals surface area contributed by atoms with E-state index in [2.05, 4.69) is 19.2 Å². The quantitative estimate of drug-likeness (QED) is 0.706. The molecule has 3 heteroatoms. The van der Waals surface area contributed by atoms with Crippen LogP contribution in [0.5, 0.6) is 0 Å². The topological polar surface area (TPSA) is 41.5 Å². The Bertz CT molecular complexity index is 167. The summed E-state index contributed by atoms with van der Waals surface area (Å²) in [4.78, 5) is 0. The minimum Gasteiger partial charge on any atom is -0.387 e. The van der Waals surface area contributed by atoms with Crippen LogP contribution in [0.3, 0.4) is 0 Å². The summed E-state index contributed by atoms with van der Waals surface area (Å²) in [5, 5.41) is 13.4. The van der Waals surface area contributed by atoms with Crippen molar-refractivity contribution in [1.29, 1.82) is 0 Å². The molecule has 1 aliphatic rings. The molecule has 0 aliphatic carbocycles.